The molecule has 9 heteroatoms. The van der Waals surface area contributed by atoms with Gasteiger partial charge in [0.1, 0.15) is 5.75 Å². The number of carbonyl (C=O) groups is 3. The zero-order valence-corrected chi connectivity index (χ0v) is 15.6. The van der Waals surface area contributed by atoms with Gasteiger partial charge in [0.05, 0.1) is 11.3 Å². The minimum absolute atomic E-state index is 0.0435. The third-order valence-electron chi connectivity index (χ3n) is 4.01. The highest BCUT2D eigenvalue weighted by Gasteiger charge is 2.31. The number of ketones is 2. The summed E-state index contributed by atoms with van der Waals surface area (Å²) in [5.41, 5.74) is 1.52. The summed E-state index contributed by atoms with van der Waals surface area (Å²) < 4.78 is 45.3. The van der Waals surface area contributed by atoms with Crippen LogP contribution in [0.5, 0.6) is 5.75 Å². The van der Waals surface area contributed by atoms with Crippen molar-refractivity contribution in [2.24, 2.45) is 0 Å². The largest absolute Gasteiger partial charge is 0.573 e. The number of aryl methyl sites for hydroxylation is 1. The maximum atomic E-state index is 12.6. The Morgan fingerprint density at radius 2 is 1.64 bits per heavy atom. The molecule has 0 bridgehead atoms. The second kappa shape index (κ2) is 7.87. The van der Waals surface area contributed by atoms with Gasteiger partial charge in [0.2, 0.25) is 5.78 Å². The number of nitrogens with one attached hydrogen (secondary N) is 1. The number of halogens is 3. The quantitative estimate of drug-likeness (QED) is 0.584. The molecular weight excluding hydrogens is 379 g/mol. The highest BCUT2D eigenvalue weighted by molar-refractivity contribution is 6.05. The molecule has 0 radical (unpaired) electrons. The molecular formula is C19H18F3NO5. The molecule has 1 aromatic carbocycles. The number of H-pyrrole nitrogens is 1. The number of esters is 1. The summed E-state index contributed by atoms with van der Waals surface area (Å²) in [5, 5.41) is 0. The summed E-state index contributed by atoms with van der Waals surface area (Å²) in [6.45, 7) is 6.01. The van der Waals surface area contributed by atoms with Crippen LogP contribution in [-0.4, -0.2) is 35.0 Å². The average Bonchev–Trinajstić information content (AvgIpc) is 2.87. The van der Waals surface area contributed by atoms with Gasteiger partial charge in [0.15, 0.2) is 11.9 Å². The number of rotatable bonds is 6. The summed E-state index contributed by atoms with van der Waals surface area (Å²) in [6.07, 6.45) is -6.01. The van der Waals surface area contributed by atoms with Gasteiger partial charge in [-0.05, 0) is 57.5 Å². The van der Waals surface area contributed by atoms with Crippen LogP contribution in [0.3, 0.4) is 0 Å². The fourth-order valence-electron chi connectivity index (χ4n) is 2.80. The van der Waals surface area contributed by atoms with Crippen LogP contribution in [0.25, 0.3) is 0 Å². The van der Waals surface area contributed by atoms with Crippen molar-refractivity contribution in [3.8, 4) is 5.75 Å². The Bertz CT molecular complexity index is 913. The first-order valence-corrected chi connectivity index (χ1v) is 8.21. The molecule has 1 N–H and O–H groups in total. The average molecular weight is 397 g/mol. The Labute approximate surface area is 158 Å². The topological polar surface area (TPSA) is 85.5 Å². The zero-order valence-electron chi connectivity index (χ0n) is 15.6. The molecule has 0 saturated heterocycles. The lowest BCUT2D eigenvalue weighted by Gasteiger charge is -2.13. The second-order valence-corrected chi connectivity index (χ2v) is 6.17. The van der Waals surface area contributed by atoms with Gasteiger partial charge in [-0.1, -0.05) is 0 Å². The van der Waals surface area contributed by atoms with Crippen LogP contribution in [0, 0.1) is 13.8 Å². The van der Waals surface area contributed by atoms with Gasteiger partial charge < -0.3 is 14.5 Å². The van der Waals surface area contributed by atoms with Gasteiger partial charge in [0, 0.05) is 11.3 Å². The third-order valence-corrected chi connectivity index (χ3v) is 4.01. The van der Waals surface area contributed by atoms with Crippen molar-refractivity contribution in [3.63, 3.8) is 0 Å². The Kier molecular flexibility index (Phi) is 5.96. The van der Waals surface area contributed by atoms with Crippen molar-refractivity contribution in [2.75, 3.05) is 0 Å². The van der Waals surface area contributed by atoms with E-state index in [-0.39, 0.29) is 17.0 Å². The number of aromatic nitrogens is 1. The SMILES string of the molecule is CC(=O)c1c(C)[nH]c(C(=O)[C@@H](C)OC(=O)c2ccc(OC(F)(F)F)cc2)c1C. The molecule has 0 unspecified atom stereocenters. The smallest absolute Gasteiger partial charge is 0.451 e. The van der Waals surface area contributed by atoms with Crippen LogP contribution < -0.4 is 4.74 Å². The second-order valence-electron chi connectivity index (χ2n) is 6.17. The van der Waals surface area contributed by atoms with Crippen molar-refractivity contribution >= 4 is 17.5 Å². The number of aromatic amines is 1. The standard InChI is InChI=1S/C19H18F3NO5/c1-9-15(11(3)24)10(2)23-16(9)17(25)12(4)27-18(26)13-5-7-14(8-6-13)28-19(20,21)22/h5-8,12,23H,1-4H3/t12-/m1/s1. The van der Waals surface area contributed by atoms with E-state index in [1.54, 1.807) is 13.8 Å². The van der Waals surface area contributed by atoms with E-state index < -0.39 is 30.0 Å². The van der Waals surface area contributed by atoms with Crippen molar-refractivity contribution in [1.82, 2.24) is 4.98 Å². The molecule has 0 aliphatic heterocycles. The molecule has 2 aromatic rings. The molecule has 1 atom stereocenters. The number of carbonyl (C=O) groups excluding carboxylic acids is 3. The van der Waals surface area contributed by atoms with Crippen molar-refractivity contribution in [2.45, 2.75) is 40.2 Å². The predicted octanol–water partition coefficient (Wildman–Crippen LogP) is 4.16. The number of ether oxygens (including phenoxy) is 2. The molecule has 0 spiro atoms. The number of alkyl halides is 3. The molecule has 1 aromatic heterocycles. The lowest BCUT2D eigenvalue weighted by atomic mass is 10.0. The molecule has 0 amide bonds. The van der Waals surface area contributed by atoms with Gasteiger partial charge in [-0.3, -0.25) is 9.59 Å². The van der Waals surface area contributed by atoms with E-state index in [9.17, 15) is 27.6 Å². The molecule has 1 heterocycles. The fraction of sp³-hybridized carbons (Fsp3) is 0.316. The highest BCUT2D eigenvalue weighted by Crippen LogP contribution is 2.24. The Morgan fingerprint density at radius 1 is 1.07 bits per heavy atom. The monoisotopic (exact) mass is 397 g/mol. The first-order chi connectivity index (χ1) is 12.9. The first-order valence-electron chi connectivity index (χ1n) is 8.21. The number of hydrogen-bond acceptors (Lipinski definition) is 5. The lowest BCUT2D eigenvalue weighted by molar-refractivity contribution is -0.274. The van der Waals surface area contributed by atoms with Crippen LogP contribution in [0.4, 0.5) is 13.2 Å². The van der Waals surface area contributed by atoms with Crippen LogP contribution in [-0.2, 0) is 4.74 Å². The molecule has 0 aliphatic carbocycles. The lowest BCUT2D eigenvalue weighted by Crippen LogP contribution is -2.25. The summed E-state index contributed by atoms with van der Waals surface area (Å²) >= 11 is 0. The van der Waals surface area contributed by atoms with E-state index in [2.05, 4.69) is 9.72 Å². The number of hydrogen-bond donors (Lipinski definition) is 1. The highest BCUT2D eigenvalue weighted by atomic mass is 19.4. The Hall–Kier alpha value is -3.10. The molecule has 6 nitrogen and oxygen atoms in total. The van der Waals surface area contributed by atoms with Gasteiger partial charge in [-0.2, -0.15) is 0 Å². The molecule has 2 rings (SSSR count). The maximum Gasteiger partial charge on any atom is 0.573 e. The third kappa shape index (κ3) is 4.79. The predicted molar refractivity (Wildman–Crippen MR) is 92.6 cm³/mol. The zero-order chi connectivity index (χ0) is 21.2. The van der Waals surface area contributed by atoms with E-state index in [1.807, 2.05) is 0 Å². The summed E-state index contributed by atoms with van der Waals surface area (Å²) in [6, 6.07) is 4.12. The molecule has 0 aliphatic rings. The molecule has 0 saturated carbocycles. The molecule has 28 heavy (non-hydrogen) atoms. The van der Waals surface area contributed by atoms with Crippen molar-refractivity contribution in [3.05, 3.63) is 52.3 Å². The minimum atomic E-state index is -4.84. The van der Waals surface area contributed by atoms with E-state index >= 15 is 0 Å². The van der Waals surface area contributed by atoms with Gasteiger partial charge in [-0.15, -0.1) is 13.2 Å². The van der Waals surface area contributed by atoms with E-state index in [0.29, 0.717) is 16.8 Å². The minimum Gasteiger partial charge on any atom is -0.451 e. The fourth-order valence-corrected chi connectivity index (χ4v) is 2.80. The van der Waals surface area contributed by atoms with E-state index in [1.165, 1.54) is 13.8 Å². The van der Waals surface area contributed by atoms with Crippen LogP contribution in [0.2, 0.25) is 0 Å². The summed E-state index contributed by atoms with van der Waals surface area (Å²) in [4.78, 5) is 39.2. The van der Waals surface area contributed by atoms with Gasteiger partial charge in [-0.25, -0.2) is 4.79 Å². The van der Waals surface area contributed by atoms with Gasteiger partial charge >= 0.3 is 12.3 Å². The normalized spacial score (nSPS) is 12.4. The first kappa shape index (κ1) is 21.2. The van der Waals surface area contributed by atoms with Crippen molar-refractivity contribution in [1.29, 1.82) is 0 Å². The molecule has 150 valence electrons. The summed E-state index contributed by atoms with van der Waals surface area (Å²) in [7, 11) is 0. The Morgan fingerprint density at radius 3 is 2.11 bits per heavy atom. The summed E-state index contributed by atoms with van der Waals surface area (Å²) in [5.74, 6) is -2.09. The van der Waals surface area contributed by atoms with Gasteiger partial charge in [0.25, 0.3) is 0 Å². The maximum absolute atomic E-state index is 12.6. The van der Waals surface area contributed by atoms with E-state index in [0.717, 1.165) is 24.3 Å². The Balaban J connectivity index is 2.11. The number of Topliss-reactive ketones (excluding diaryl/α,β-unsaturated/α-hetero) is 2. The van der Waals surface area contributed by atoms with Crippen LogP contribution in [0.15, 0.2) is 24.3 Å². The number of benzene rings is 1. The van der Waals surface area contributed by atoms with Crippen LogP contribution >= 0.6 is 0 Å². The molecule has 0 fully saturated rings. The van der Waals surface area contributed by atoms with Crippen molar-refractivity contribution < 1.29 is 37.0 Å². The van der Waals surface area contributed by atoms with Crippen LogP contribution in [0.1, 0.15) is 56.3 Å². The van der Waals surface area contributed by atoms with E-state index in [4.69, 9.17) is 4.74 Å².